The van der Waals surface area contributed by atoms with Gasteiger partial charge in [0.25, 0.3) is 0 Å². The number of rotatable bonds is 1. The van der Waals surface area contributed by atoms with Crippen LogP contribution < -0.4 is 14.4 Å². The molecule has 0 amide bonds. The van der Waals surface area contributed by atoms with E-state index in [1.807, 2.05) is 0 Å². The molecular formula is C35H47O2P. The molecule has 0 spiro atoms. The van der Waals surface area contributed by atoms with Crippen molar-refractivity contribution in [2.75, 3.05) is 0 Å². The van der Waals surface area contributed by atoms with Crippen molar-refractivity contribution in [3.05, 3.63) is 88.0 Å². The first-order valence-electron chi connectivity index (χ1n) is 13.9. The van der Waals surface area contributed by atoms with Crippen LogP contribution in [0.1, 0.15) is 116 Å². The van der Waals surface area contributed by atoms with Crippen LogP contribution in [-0.2, 0) is 28.1 Å². The van der Waals surface area contributed by atoms with Gasteiger partial charge in [0.05, 0.1) is 5.30 Å². The standard InChI is InChI=1S/C35H47O2P/c1-32(2,3)25-19-23-18-24-20-26(33(4,5)6)22-29(35(10,11)12)31(24)37-38(27-16-14-13-15-17-27)36-30(23)28(21-25)34(7,8)9/h13-17,19-22H,18H2,1-12H3. The molecule has 3 aromatic rings. The Hall–Kier alpha value is -2.31. The van der Waals surface area contributed by atoms with Gasteiger partial charge < -0.3 is 9.05 Å². The summed E-state index contributed by atoms with van der Waals surface area (Å²) in [6.45, 7) is 27.5. The van der Waals surface area contributed by atoms with Gasteiger partial charge >= 0.3 is 8.38 Å². The van der Waals surface area contributed by atoms with Gasteiger partial charge in [0.1, 0.15) is 11.5 Å². The lowest BCUT2D eigenvalue weighted by atomic mass is 9.76. The van der Waals surface area contributed by atoms with Crippen molar-refractivity contribution in [1.29, 1.82) is 0 Å². The molecule has 4 rings (SSSR count). The average molecular weight is 531 g/mol. The molecule has 0 fully saturated rings. The maximum atomic E-state index is 7.01. The highest BCUT2D eigenvalue weighted by atomic mass is 31.2. The molecule has 1 heterocycles. The summed E-state index contributed by atoms with van der Waals surface area (Å²) in [6, 6.07) is 20.0. The van der Waals surface area contributed by atoms with E-state index < -0.39 is 8.38 Å². The summed E-state index contributed by atoms with van der Waals surface area (Å²) in [4.78, 5) is 0. The lowest BCUT2D eigenvalue weighted by Gasteiger charge is -2.35. The Morgan fingerprint density at radius 3 is 1.26 bits per heavy atom. The fourth-order valence-electron chi connectivity index (χ4n) is 4.88. The van der Waals surface area contributed by atoms with Gasteiger partial charge in [-0.25, -0.2) is 0 Å². The van der Waals surface area contributed by atoms with Gasteiger partial charge in [-0.2, -0.15) is 0 Å². The molecule has 3 aromatic carbocycles. The van der Waals surface area contributed by atoms with Crippen molar-refractivity contribution in [1.82, 2.24) is 0 Å². The smallest absolute Gasteiger partial charge is 0.326 e. The predicted octanol–water partition coefficient (Wildman–Crippen LogP) is 9.88. The molecule has 0 saturated carbocycles. The van der Waals surface area contributed by atoms with Crippen LogP contribution in [0.4, 0.5) is 0 Å². The van der Waals surface area contributed by atoms with Crippen LogP contribution in [0.3, 0.4) is 0 Å². The summed E-state index contributed by atoms with van der Waals surface area (Å²) in [6.07, 6.45) is 0.780. The lowest BCUT2D eigenvalue weighted by Crippen LogP contribution is -2.23. The van der Waals surface area contributed by atoms with Gasteiger partial charge in [0, 0.05) is 17.5 Å². The lowest BCUT2D eigenvalue weighted by molar-refractivity contribution is 0.454. The molecule has 1 aliphatic heterocycles. The summed E-state index contributed by atoms with van der Waals surface area (Å²) in [7, 11) is -1.39. The third-order valence-corrected chi connectivity index (χ3v) is 8.79. The molecule has 1 aliphatic rings. The van der Waals surface area contributed by atoms with Crippen LogP contribution in [0, 0.1) is 0 Å². The van der Waals surface area contributed by atoms with E-state index in [1.54, 1.807) is 0 Å². The monoisotopic (exact) mass is 530 g/mol. The first kappa shape index (κ1) is 28.7. The van der Waals surface area contributed by atoms with Crippen molar-refractivity contribution in [3.8, 4) is 11.5 Å². The summed E-state index contributed by atoms with van der Waals surface area (Å²) in [5.41, 5.74) is 7.61. The SMILES string of the molecule is CC(C)(C)c1cc2c(c(C(C)(C)C)c1)OP(c1ccccc1)Oc1c(cc(C(C)(C)C)cc1C(C)(C)C)C2. The molecule has 0 N–H and O–H groups in total. The molecule has 0 aromatic heterocycles. The van der Waals surface area contributed by atoms with Crippen LogP contribution in [-0.4, -0.2) is 0 Å². The van der Waals surface area contributed by atoms with Crippen molar-refractivity contribution < 1.29 is 9.05 Å². The van der Waals surface area contributed by atoms with Crippen LogP contribution in [0.2, 0.25) is 0 Å². The highest BCUT2D eigenvalue weighted by Crippen LogP contribution is 2.52. The summed E-state index contributed by atoms with van der Waals surface area (Å²) in [5, 5.41) is 1.08. The van der Waals surface area contributed by atoms with Crippen LogP contribution in [0.25, 0.3) is 0 Å². The average Bonchev–Trinajstić information content (AvgIpc) is 2.76. The van der Waals surface area contributed by atoms with E-state index in [2.05, 4.69) is 138 Å². The van der Waals surface area contributed by atoms with Crippen molar-refractivity contribution in [2.45, 2.75) is 111 Å². The zero-order valence-electron chi connectivity index (χ0n) is 25.7. The summed E-state index contributed by atoms with van der Waals surface area (Å²) < 4.78 is 14.0. The Morgan fingerprint density at radius 1 is 0.526 bits per heavy atom. The third-order valence-electron chi connectivity index (χ3n) is 7.38. The second-order valence-electron chi connectivity index (χ2n) is 15.0. The molecule has 0 saturated heterocycles. The number of benzene rings is 3. The topological polar surface area (TPSA) is 18.5 Å². The first-order valence-corrected chi connectivity index (χ1v) is 15.1. The molecule has 0 atom stereocenters. The van der Waals surface area contributed by atoms with Gasteiger partial charge in [0.15, 0.2) is 0 Å². The van der Waals surface area contributed by atoms with Crippen LogP contribution in [0.15, 0.2) is 54.6 Å². The zero-order chi connectivity index (χ0) is 28.3. The quantitative estimate of drug-likeness (QED) is 0.292. The van der Waals surface area contributed by atoms with E-state index in [0.29, 0.717) is 0 Å². The Labute approximate surface area is 233 Å². The molecule has 38 heavy (non-hydrogen) atoms. The minimum atomic E-state index is -1.39. The second kappa shape index (κ2) is 9.71. The van der Waals surface area contributed by atoms with Gasteiger partial charge in [-0.15, -0.1) is 0 Å². The Kier molecular flexibility index (Phi) is 7.33. The molecule has 0 bridgehead atoms. The zero-order valence-corrected chi connectivity index (χ0v) is 26.6. The molecule has 0 radical (unpaired) electrons. The largest absolute Gasteiger partial charge is 0.435 e. The van der Waals surface area contributed by atoms with Crippen molar-refractivity contribution in [2.24, 2.45) is 0 Å². The van der Waals surface area contributed by atoms with Gasteiger partial charge in [-0.05, 0) is 56.0 Å². The molecular weight excluding hydrogens is 483 g/mol. The Bertz CT molecular complexity index is 1230. The van der Waals surface area contributed by atoms with E-state index >= 15 is 0 Å². The second-order valence-corrected chi connectivity index (χ2v) is 16.4. The first-order chi connectivity index (χ1) is 17.4. The predicted molar refractivity (Wildman–Crippen MR) is 165 cm³/mol. The minimum absolute atomic E-state index is 0.0325. The Morgan fingerprint density at radius 2 is 0.921 bits per heavy atom. The van der Waals surface area contributed by atoms with Crippen LogP contribution in [0.5, 0.6) is 11.5 Å². The number of hydrogen-bond acceptors (Lipinski definition) is 2. The molecule has 2 nitrogen and oxygen atoms in total. The fraction of sp³-hybridized carbons (Fsp3) is 0.486. The number of fused-ring (bicyclic) bond motifs is 2. The third kappa shape index (κ3) is 5.96. The maximum Gasteiger partial charge on any atom is 0.326 e. The fourth-order valence-corrected chi connectivity index (χ4v) is 6.31. The Balaban J connectivity index is 2.09. The normalized spacial score (nSPS) is 15.1. The maximum absolute atomic E-state index is 7.01. The minimum Gasteiger partial charge on any atom is -0.435 e. The molecule has 0 unspecified atom stereocenters. The van der Waals surface area contributed by atoms with E-state index in [4.69, 9.17) is 9.05 Å². The molecule has 204 valence electrons. The highest BCUT2D eigenvalue weighted by Gasteiger charge is 2.34. The summed E-state index contributed by atoms with van der Waals surface area (Å²) in [5.74, 6) is 1.98. The number of hydrogen-bond donors (Lipinski definition) is 0. The van der Waals surface area contributed by atoms with E-state index in [-0.39, 0.29) is 21.7 Å². The van der Waals surface area contributed by atoms with E-state index in [0.717, 1.165) is 23.2 Å². The van der Waals surface area contributed by atoms with Crippen molar-refractivity contribution >= 4 is 13.7 Å². The highest BCUT2D eigenvalue weighted by molar-refractivity contribution is 7.56. The van der Waals surface area contributed by atoms with Crippen molar-refractivity contribution in [3.63, 3.8) is 0 Å². The van der Waals surface area contributed by atoms with Gasteiger partial charge in [-0.1, -0.05) is 126 Å². The van der Waals surface area contributed by atoms with Gasteiger partial charge in [-0.3, -0.25) is 0 Å². The van der Waals surface area contributed by atoms with E-state index in [9.17, 15) is 0 Å². The summed E-state index contributed by atoms with van der Waals surface area (Å²) >= 11 is 0. The molecule has 0 aliphatic carbocycles. The van der Waals surface area contributed by atoms with E-state index in [1.165, 1.54) is 33.4 Å². The van der Waals surface area contributed by atoms with Crippen LogP contribution >= 0.6 is 8.38 Å². The molecule has 3 heteroatoms. The van der Waals surface area contributed by atoms with Gasteiger partial charge in [0.2, 0.25) is 0 Å².